The van der Waals surface area contributed by atoms with Gasteiger partial charge < -0.3 is 14.8 Å². The van der Waals surface area contributed by atoms with E-state index in [0.717, 1.165) is 41.0 Å². The molecule has 4 rings (SSSR count). The Morgan fingerprint density at radius 3 is 3.04 bits per heavy atom. The summed E-state index contributed by atoms with van der Waals surface area (Å²) in [6.45, 7) is 8.26. The number of aromatic nitrogens is 4. The zero-order valence-corrected chi connectivity index (χ0v) is 16.0. The highest BCUT2D eigenvalue weighted by Crippen LogP contribution is 2.33. The lowest BCUT2D eigenvalue weighted by Crippen LogP contribution is -2.20. The number of nitrogens with one attached hydrogen (secondary N) is 1. The molecule has 1 fully saturated rings. The third kappa shape index (κ3) is 3.47. The summed E-state index contributed by atoms with van der Waals surface area (Å²) in [5, 5.41) is 8.20. The number of nitrogens with zero attached hydrogens (tertiary/aromatic N) is 4. The number of rotatable bonds is 6. The van der Waals surface area contributed by atoms with Crippen molar-refractivity contribution >= 4 is 16.7 Å². The van der Waals surface area contributed by atoms with Gasteiger partial charge in [0.25, 0.3) is 0 Å². The summed E-state index contributed by atoms with van der Waals surface area (Å²) < 4.78 is 13.3. The van der Waals surface area contributed by atoms with Crippen LogP contribution in [0.4, 0.5) is 5.69 Å². The van der Waals surface area contributed by atoms with Gasteiger partial charge in [0.05, 0.1) is 42.4 Å². The molecule has 0 radical (unpaired) electrons. The van der Waals surface area contributed by atoms with Gasteiger partial charge in [-0.2, -0.15) is 5.10 Å². The number of pyridine rings is 2. The maximum atomic E-state index is 5.71. The molecule has 27 heavy (non-hydrogen) atoms. The van der Waals surface area contributed by atoms with Crippen LogP contribution in [0.25, 0.3) is 22.3 Å². The second-order valence-corrected chi connectivity index (χ2v) is 6.97. The van der Waals surface area contributed by atoms with E-state index < -0.39 is 0 Å². The summed E-state index contributed by atoms with van der Waals surface area (Å²) in [4.78, 5) is 9.22. The molecule has 1 N–H and O–H groups in total. The van der Waals surface area contributed by atoms with Crippen LogP contribution in [-0.4, -0.2) is 45.6 Å². The Bertz CT molecular complexity index is 931. The first kappa shape index (κ1) is 17.7. The molecule has 1 atom stereocenters. The van der Waals surface area contributed by atoms with Gasteiger partial charge in [-0.3, -0.25) is 4.68 Å². The van der Waals surface area contributed by atoms with E-state index in [-0.39, 0.29) is 6.04 Å². The number of hydrogen-bond acceptors (Lipinski definition) is 6. The lowest BCUT2D eigenvalue weighted by atomic mass is 10.1. The number of anilines is 1. The minimum Gasteiger partial charge on any atom is -0.477 e. The van der Waals surface area contributed by atoms with E-state index in [2.05, 4.69) is 35.3 Å². The molecule has 3 aromatic heterocycles. The van der Waals surface area contributed by atoms with E-state index >= 15 is 0 Å². The Morgan fingerprint density at radius 2 is 2.30 bits per heavy atom. The van der Waals surface area contributed by atoms with Gasteiger partial charge in [-0.1, -0.05) is 0 Å². The van der Waals surface area contributed by atoms with Gasteiger partial charge in [0.15, 0.2) is 0 Å². The summed E-state index contributed by atoms with van der Waals surface area (Å²) in [6.07, 6.45) is 4.55. The zero-order chi connectivity index (χ0) is 18.8. The molecule has 1 aliphatic rings. The number of ether oxygens (including phenoxy) is 2. The third-order valence-corrected chi connectivity index (χ3v) is 4.66. The van der Waals surface area contributed by atoms with Crippen LogP contribution in [0.3, 0.4) is 0 Å². The van der Waals surface area contributed by atoms with E-state index in [1.165, 1.54) is 0 Å². The van der Waals surface area contributed by atoms with Crippen LogP contribution in [0.15, 0.2) is 30.6 Å². The molecule has 4 heterocycles. The maximum Gasteiger partial charge on any atom is 0.222 e. The van der Waals surface area contributed by atoms with Crippen LogP contribution in [0.2, 0.25) is 0 Å². The van der Waals surface area contributed by atoms with Gasteiger partial charge in [0.2, 0.25) is 5.88 Å². The van der Waals surface area contributed by atoms with Gasteiger partial charge in [0.1, 0.15) is 11.0 Å². The minimum atomic E-state index is 0.243. The van der Waals surface area contributed by atoms with Crippen molar-refractivity contribution in [3.63, 3.8) is 0 Å². The molecule has 0 spiro atoms. The van der Waals surface area contributed by atoms with Crippen LogP contribution < -0.4 is 10.1 Å². The monoisotopic (exact) mass is 367 g/mol. The smallest absolute Gasteiger partial charge is 0.222 e. The van der Waals surface area contributed by atoms with Crippen molar-refractivity contribution in [3.8, 4) is 17.1 Å². The van der Waals surface area contributed by atoms with Crippen LogP contribution in [0, 0.1) is 0 Å². The Kier molecular flexibility index (Phi) is 4.94. The van der Waals surface area contributed by atoms with Gasteiger partial charge in [0, 0.05) is 18.8 Å². The van der Waals surface area contributed by atoms with Crippen molar-refractivity contribution in [2.45, 2.75) is 39.3 Å². The Hall–Kier alpha value is -2.67. The molecule has 3 aromatic rings. The topological polar surface area (TPSA) is 74.1 Å². The summed E-state index contributed by atoms with van der Waals surface area (Å²) in [5.41, 5.74) is 4.59. The zero-order valence-electron chi connectivity index (χ0n) is 16.0. The average molecular weight is 367 g/mol. The molecule has 0 bridgehead atoms. The standard InChI is InChI=1S/C20H25N5O2/c1-4-27-20-15(6-5-8-21-20)16-10-17(23-14-7-9-26-12-14)19-18(24-16)11-22-25(19)13(2)3/h5-6,8,10-11,13-14H,4,7,9,12H2,1-3H3,(H,23,24)/t14-/m0/s1. The number of hydrogen-bond donors (Lipinski definition) is 1. The van der Waals surface area contributed by atoms with Gasteiger partial charge in [-0.05, 0) is 45.4 Å². The Labute approximate surface area is 158 Å². The molecule has 1 aliphatic heterocycles. The molecule has 0 aromatic carbocycles. The first-order chi connectivity index (χ1) is 13.2. The summed E-state index contributed by atoms with van der Waals surface area (Å²) in [5.74, 6) is 0.596. The molecule has 142 valence electrons. The highest BCUT2D eigenvalue weighted by molar-refractivity contribution is 5.91. The normalized spacial score (nSPS) is 17.0. The molecular weight excluding hydrogens is 342 g/mol. The summed E-state index contributed by atoms with van der Waals surface area (Å²) >= 11 is 0. The second-order valence-electron chi connectivity index (χ2n) is 6.97. The van der Waals surface area contributed by atoms with E-state index in [1.807, 2.05) is 29.9 Å². The molecule has 7 nitrogen and oxygen atoms in total. The highest BCUT2D eigenvalue weighted by atomic mass is 16.5. The first-order valence-corrected chi connectivity index (χ1v) is 9.48. The highest BCUT2D eigenvalue weighted by Gasteiger charge is 2.21. The molecule has 7 heteroatoms. The van der Waals surface area contributed by atoms with Crippen molar-refractivity contribution in [2.75, 3.05) is 25.1 Å². The molecular formula is C20H25N5O2. The van der Waals surface area contributed by atoms with Gasteiger partial charge in [-0.15, -0.1) is 0 Å². The summed E-state index contributed by atoms with van der Waals surface area (Å²) in [6, 6.07) is 6.49. The van der Waals surface area contributed by atoms with E-state index in [9.17, 15) is 0 Å². The molecule has 1 saturated heterocycles. The van der Waals surface area contributed by atoms with Gasteiger partial charge >= 0.3 is 0 Å². The van der Waals surface area contributed by atoms with Crippen LogP contribution >= 0.6 is 0 Å². The van der Waals surface area contributed by atoms with E-state index in [1.54, 1.807) is 6.20 Å². The Morgan fingerprint density at radius 1 is 1.41 bits per heavy atom. The first-order valence-electron chi connectivity index (χ1n) is 9.48. The van der Waals surface area contributed by atoms with Crippen molar-refractivity contribution in [2.24, 2.45) is 0 Å². The molecule has 0 amide bonds. The maximum absolute atomic E-state index is 5.71. The van der Waals surface area contributed by atoms with Crippen LogP contribution in [-0.2, 0) is 4.74 Å². The fourth-order valence-corrected chi connectivity index (χ4v) is 3.41. The van der Waals surface area contributed by atoms with Gasteiger partial charge in [-0.25, -0.2) is 9.97 Å². The summed E-state index contributed by atoms with van der Waals surface area (Å²) in [7, 11) is 0. The van der Waals surface area contributed by atoms with Crippen molar-refractivity contribution < 1.29 is 9.47 Å². The molecule has 0 unspecified atom stereocenters. The minimum absolute atomic E-state index is 0.243. The van der Waals surface area contributed by atoms with Crippen molar-refractivity contribution in [1.29, 1.82) is 0 Å². The third-order valence-electron chi connectivity index (χ3n) is 4.66. The Balaban J connectivity index is 1.85. The van der Waals surface area contributed by atoms with E-state index in [0.29, 0.717) is 25.1 Å². The molecule has 0 aliphatic carbocycles. The van der Waals surface area contributed by atoms with Crippen molar-refractivity contribution in [1.82, 2.24) is 19.7 Å². The largest absolute Gasteiger partial charge is 0.477 e. The molecule has 0 saturated carbocycles. The van der Waals surface area contributed by atoms with Crippen LogP contribution in [0.5, 0.6) is 5.88 Å². The van der Waals surface area contributed by atoms with Crippen molar-refractivity contribution in [3.05, 3.63) is 30.6 Å². The lowest BCUT2D eigenvalue weighted by molar-refractivity contribution is 0.195. The predicted octanol–water partition coefficient (Wildman–Crippen LogP) is 3.67. The fourth-order valence-electron chi connectivity index (χ4n) is 3.41. The quantitative estimate of drug-likeness (QED) is 0.716. The lowest BCUT2D eigenvalue weighted by Gasteiger charge is -2.17. The second kappa shape index (κ2) is 7.52. The predicted molar refractivity (Wildman–Crippen MR) is 105 cm³/mol. The number of fused-ring (bicyclic) bond motifs is 1. The van der Waals surface area contributed by atoms with Crippen LogP contribution in [0.1, 0.15) is 33.2 Å². The average Bonchev–Trinajstić information content (AvgIpc) is 3.32. The fraction of sp³-hybridized carbons (Fsp3) is 0.450. The SMILES string of the molecule is CCOc1ncccc1-c1cc(N[C@H]2CCOC2)c2c(cnn2C(C)C)n1. The van der Waals surface area contributed by atoms with E-state index in [4.69, 9.17) is 14.5 Å².